The molecule has 0 radical (unpaired) electrons. The van der Waals surface area contributed by atoms with Gasteiger partial charge in [0, 0.05) is 17.7 Å². The minimum absolute atomic E-state index is 0.0176. The van der Waals surface area contributed by atoms with Crippen LogP contribution in [0, 0.1) is 0 Å². The second-order valence-electron chi connectivity index (χ2n) is 6.75. The number of nitrogens with one attached hydrogen (secondary N) is 2. The summed E-state index contributed by atoms with van der Waals surface area (Å²) in [7, 11) is -1.60. The average molecular weight is 499 g/mol. The highest BCUT2D eigenvalue weighted by atomic mass is 35.5. The minimum Gasteiger partial charge on any atom is -0.493 e. The van der Waals surface area contributed by atoms with Gasteiger partial charge in [0.1, 0.15) is 22.0 Å². The number of amides is 2. The number of anilines is 2. The smallest absolute Gasteiger partial charge is 0.324 e. The van der Waals surface area contributed by atoms with Crippen molar-refractivity contribution >= 4 is 61.5 Å². The lowest BCUT2D eigenvalue weighted by Crippen LogP contribution is -2.20. The Labute approximate surface area is 195 Å². The highest BCUT2D eigenvalue weighted by Crippen LogP contribution is 2.34. The van der Waals surface area contributed by atoms with E-state index in [0.29, 0.717) is 38.9 Å². The van der Waals surface area contributed by atoms with Crippen LogP contribution >= 0.6 is 23.2 Å². The molecule has 9 nitrogen and oxygen atoms in total. The zero-order valence-corrected chi connectivity index (χ0v) is 19.5. The van der Waals surface area contributed by atoms with Crippen molar-refractivity contribution in [1.82, 2.24) is 9.97 Å². The largest absolute Gasteiger partial charge is 0.493 e. The number of fused-ring (bicyclic) bond motifs is 1. The van der Waals surface area contributed by atoms with Crippen LogP contribution in [0.25, 0.3) is 10.9 Å². The van der Waals surface area contributed by atoms with Gasteiger partial charge < -0.3 is 14.8 Å². The Balaban J connectivity index is 1.80. The third-order valence-corrected chi connectivity index (χ3v) is 5.93. The van der Waals surface area contributed by atoms with Crippen molar-refractivity contribution in [2.75, 3.05) is 36.4 Å². The van der Waals surface area contributed by atoms with E-state index in [1.54, 1.807) is 30.3 Å². The van der Waals surface area contributed by atoms with E-state index in [0.717, 1.165) is 0 Å². The molecule has 3 aromatic rings. The number of carbonyl (C=O) groups is 1. The fourth-order valence-electron chi connectivity index (χ4n) is 2.81. The maximum absolute atomic E-state index is 12.5. The number of urea groups is 1. The van der Waals surface area contributed by atoms with Crippen LogP contribution in [0.2, 0.25) is 10.0 Å². The summed E-state index contributed by atoms with van der Waals surface area (Å²) in [4.78, 5) is 20.8. The molecule has 12 heteroatoms. The molecule has 1 heterocycles. The summed E-state index contributed by atoms with van der Waals surface area (Å²) in [5.74, 6) is 1.02. The Bertz CT molecular complexity index is 1230. The molecule has 0 unspecified atom stereocenters. The van der Waals surface area contributed by atoms with E-state index in [1.165, 1.54) is 19.7 Å². The predicted octanol–water partition coefficient (Wildman–Crippen LogP) is 4.40. The summed E-state index contributed by atoms with van der Waals surface area (Å²) in [6.07, 6.45) is 2.80. The van der Waals surface area contributed by atoms with Crippen LogP contribution in [0.15, 0.2) is 36.7 Å². The molecule has 2 N–H and O–H groups in total. The van der Waals surface area contributed by atoms with Crippen LogP contribution in [-0.4, -0.2) is 50.1 Å². The number of halogens is 2. The topological polar surface area (TPSA) is 120 Å². The third kappa shape index (κ3) is 6.12. The molecule has 32 heavy (non-hydrogen) atoms. The molecule has 0 aliphatic rings. The number of benzene rings is 2. The standard InChI is InChI=1S/C20H20Cl2N4O5S/c1-30-16-9-12-15(10-17(16)31-7-4-8-32(2,28)29)23-11-24-19(12)26-20(27)25-18-13(21)5-3-6-14(18)22/h3,5-6,9-11H,4,7-8H2,1-2H3,(H2,23,24,25,26,27). The van der Waals surface area contributed by atoms with Gasteiger partial charge in [-0.15, -0.1) is 0 Å². The maximum Gasteiger partial charge on any atom is 0.324 e. The Morgan fingerprint density at radius 2 is 1.81 bits per heavy atom. The number of rotatable bonds is 8. The van der Waals surface area contributed by atoms with Gasteiger partial charge in [-0.3, -0.25) is 5.32 Å². The van der Waals surface area contributed by atoms with Gasteiger partial charge in [-0.1, -0.05) is 29.3 Å². The summed E-state index contributed by atoms with van der Waals surface area (Å²) in [6, 6.07) is 7.53. The first-order valence-corrected chi connectivity index (χ1v) is 12.1. The zero-order valence-electron chi connectivity index (χ0n) is 17.2. The molecule has 170 valence electrons. The zero-order chi connectivity index (χ0) is 23.3. The highest BCUT2D eigenvalue weighted by molar-refractivity contribution is 7.90. The lowest BCUT2D eigenvalue weighted by molar-refractivity contribution is 0.262. The molecule has 0 bridgehead atoms. The highest BCUT2D eigenvalue weighted by Gasteiger charge is 2.15. The molecular weight excluding hydrogens is 479 g/mol. The van der Waals surface area contributed by atoms with Gasteiger partial charge in [0.25, 0.3) is 0 Å². The van der Waals surface area contributed by atoms with Gasteiger partial charge in [-0.05, 0) is 24.6 Å². The predicted molar refractivity (Wildman–Crippen MR) is 125 cm³/mol. The van der Waals surface area contributed by atoms with Crippen molar-refractivity contribution in [2.24, 2.45) is 0 Å². The fraction of sp³-hybridized carbons (Fsp3) is 0.250. The lowest BCUT2D eigenvalue weighted by Gasteiger charge is -2.14. The number of methoxy groups -OCH3 is 1. The van der Waals surface area contributed by atoms with Crippen LogP contribution in [-0.2, 0) is 9.84 Å². The summed E-state index contributed by atoms with van der Waals surface area (Å²) < 4.78 is 33.6. The van der Waals surface area contributed by atoms with E-state index < -0.39 is 15.9 Å². The lowest BCUT2D eigenvalue weighted by atomic mass is 10.2. The van der Waals surface area contributed by atoms with Gasteiger partial charge in [0.2, 0.25) is 0 Å². The molecule has 2 aromatic carbocycles. The van der Waals surface area contributed by atoms with Crippen molar-refractivity contribution in [1.29, 1.82) is 0 Å². The maximum atomic E-state index is 12.5. The van der Waals surface area contributed by atoms with Gasteiger partial charge in [-0.2, -0.15) is 0 Å². The molecule has 0 aliphatic heterocycles. The summed E-state index contributed by atoms with van der Waals surface area (Å²) in [5, 5.41) is 6.33. The van der Waals surface area contributed by atoms with Crippen molar-refractivity contribution < 1.29 is 22.7 Å². The van der Waals surface area contributed by atoms with Gasteiger partial charge in [0.05, 0.1) is 40.7 Å². The van der Waals surface area contributed by atoms with E-state index in [9.17, 15) is 13.2 Å². The first-order valence-electron chi connectivity index (χ1n) is 9.33. The second kappa shape index (κ2) is 10.2. The quantitative estimate of drug-likeness (QED) is 0.441. The first-order chi connectivity index (χ1) is 15.2. The van der Waals surface area contributed by atoms with Crippen LogP contribution in [0.3, 0.4) is 0 Å². The van der Waals surface area contributed by atoms with E-state index in [4.69, 9.17) is 32.7 Å². The van der Waals surface area contributed by atoms with Crippen molar-refractivity contribution in [2.45, 2.75) is 6.42 Å². The van der Waals surface area contributed by atoms with E-state index in [1.807, 2.05) is 0 Å². The molecule has 0 aliphatic carbocycles. The molecular formula is C20H20Cl2N4O5S. The Morgan fingerprint density at radius 1 is 1.09 bits per heavy atom. The van der Waals surface area contributed by atoms with Gasteiger partial charge >= 0.3 is 6.03 Å². The van der Waals surface area contributed by atoms with Gasteiger partial charge in [0.15, 0.2) is 11.5 Å². The Hall–Kier alpha value is -2.82. The van der Waals surface area contributed by atoms with E-state index in [2.05, 4.69) is 20.6 Å². The number of nitrogens with zero attached hydrogens (tertiary/aromatic N) is 2. The average Bonchev–Trinajstić information content (AvgIpc) is 2.73. The summed E-state index contributed by atoms with van der Waals surface area (Å²) in [6.45, 7) is 0.187. The Kier molecular flexibility index (Phi) is 7.60. The minimum atomic E-state index is -3.07. The normalized spacial score (nSPS) is 11.2. The molecule has 0 saturated heterocycles. The number of aromatic nitrogens is 2. The molecule has 0 spiro atoms. The number of sulfone groups is 1. The number of hydrogen-bond donors (Lipinski definition) is 2. The van der Waals surface area contributed by atoms with Crippen molar-refractivity contribution in [3.63, 3.8) is 0 Å². The molecule has 1 aromatic heterocycles. The number of para-hydroxylation sites is 1. The van der Waals surface area contributed by atoms with E-state index in [-0.39, 0.29) is 23.9 Å². The van der Waals surface area contributed by atoms with Gasteiger partial charge in [-0.25, -0.2) is 23.2 Å². The van der Waals surface area contributed by atoms with Crippen molar-refractivity contribution in [3.8, 4) is 11.5 Å². The third-order valence-electron chi connectivity index (χ3n) is 4.27. The SMILES string of the molecule is COc1cc2c(NC(=O)Nc3c(Cl)cccc3Cl)ncnc2cc1OCCCS(C)(=O)=O. The van der Waals surface area contributed by atoms with Crippen molar-refractivity contribution in [3.05, 3.63) is 46.7 Å². The summed E-state index contributed by atoms with van der Waals surface area (Å²) >= 11 is 12.2. The number of hydrogen-bond acceptors (Lipinski definition) is 7. The van der Waals surface area contributed by atoms with Crippen LogP contribution in [0.4, 0.5) is 16.3 Å². The van der Waals surface area contributed by atoms with Crippen LogP contribution in [0.1, 0.15) is 6.42 Å². The monoisotopic (exact) mass is 498 g/mol. The molecule has 3 rings (SSSR count). The molecule has 0 atom stereocenters. The number of carbonyl (C=O) groups excluding carboxylic acids is 1. The van der Waals surface area contributed by atoms with Crippen LogP contribution in [0.5, 0.6) is 11.5 Å². The molecule has 0 fully saturated rings. The Morgan fingerprint density at radius 3 is 2.47 bits per heavy atom. The number of ether oxygens (including phenoxy) is 2. The summed E-state index contributed by atoms with van der Waals surface area (Å²) in [5.41, 5.74) is 0.763. The molecule has 2 amide bonds. The fourth-order valence-corrected chi connectivity index (χ4v) is 3.94. The molecule has 0 saturated carbocycles. The van der Waals surface area contributed by atoms with E-state index >= 15 is 0 Å². The first kappa shape index (κ1) is 23.8. The second-order valence-corrected chi connectivity index (χ2v) is 9.82. The van der Waals surface area contributed by atoms with Crippen LogP contribution < -0.4 is 20.1 Å².